The van der Waals surface area contributed by atoms with Crippen LogP contribution >= 0.6 is 0 Å². The van der Waals surface area contributed by atoms with Gasteiger partial charge in [0.05, 0.1) is 0 Å². The first-order valence-corrected chi connectivity index (χ1v) is 10.4. The minimum atomic E-state index is -1.14. The van der Waals surface area contributed by atoms with Gasteiger partial charge in [0.25, 0.3) is 5.91 Å². The highest BCUT2D eigenvalue weighted by Crippen LogP contribution is 2.32. The molecule has 2 aromatic carbocycles. The lowest BCUT2D eigenvalue weighted by atomic mass is 9.87. The molecule has 6 nitrogen and oxygen atoms in total. The van der Waals surface area contributed by atoms with Gasteiger partial charge >= 0.3 is 6.03 Å². The highest BCUT2D eigenvalue weighted by molar-refractivity contribution is 6.09. The van der Waals surface area contributed by atoms with Gasteiger partial charge in [-0.15, -0.1) is 0 Å². The summed E-state index contributed by atoms with van der Waals surface area (Å²) >= 11 is 0. The molecule has 1 fully saturated rings. The van der Waals surface area contributed by atoms with Gasteiger partial charge in [-0.1, -0.05) is 55.5 Å². The van der Waals surface area contributed by atoms with Crippen LogP contribution in [0.2, 0.25) is 0 Å². The van der Waals surface area contributed by atoms with E-state index in [2.05, 4.69) is 5.32 Å². The van der Waals surface area contributed by atoms with Gasteiger partial charge in [-0.05, 0) is 41.7 Å². The summed E-state index contributed by atoms with van der Waals surface area (Å²) in [4.78, 5) is 41.3. The van der Waals surface area contributed by atoms with Crippen molar-refractivity contribution in [3.8, 4) is 0 Å². The number of nitrogens with one attached hydrogen (secondary N) is 1. The molecule has 1 N–H and O–H groups in total. The third kappa shape index (κ3) is 3.83. The summed E-state index contributed by atoms with van der Waals surface area (Å²) in [7, 11) is 0. The molecular weight excluding hydrogens is 397 g/mol. The average Bonchev–Trinajstić information content (AvgIpc) is 3.05. The number of amides is 4. The number of hydrogen-bond donors (Lipinski definition) is 1. The fraction of sp³-hybridized carbons (Fsp3) is 0.292. The lowest BCUT2D eigenvalue weighted by Crippen LogP contribution is -2.46. The molecule has 0 spiro atoms. The molecule has 4 rings (SSSR count). The highest BCUT2D eigenvalue weighted by atomic mass is 19.1. The van der Waals surface area contributed by atoms with Crippen LogP contribution in [-0.4, -0.2) is 47.3 Å². The topological polar surface area (TPSA) is 69.7 Å². The number of urea groups is 1. The maximum Gasteiger partial charge on any atom is 0.325 e. The smallest absolute Gasteiger partial charge is 0.325 e. The Morgan fingerprint density at radius 1 is 1.10 bits per heavy atom. The van der Waals surface area contributed by atoms with Gasteiger partial charge < -0.3 is 10.2 Å². The Morgan fingerprint density at radius 2 is 1.81 bits per heavy atom. The summed E-state index contributed by atoms with van der Waals surface area (Å²) in [6.45, 7) is 2.40. The standard InChI is InChI=1S/C24H24FN3O3/c1-2-24(19-6-4-3-5-7-19)22(30)28(23(31)26-24)16-21(29)27-14-12-18(13-15-27)17-8-10-20(25)11-9-17/h3-12H,2,13-16H2,1H3,(H,26,31). The summed E-state index contributed by atoms with van der Waals surface area (Å²) < 4.78 is 13.1. The molecule has 0 saturated carbocycles. The molecule has 160 valence electrons. The Balaban J connectivity index is 1.45. The Labute approximate surface area is 180 Å². The van der Waals surface area contributed by atoms with E-state index in [0.717, 1.165) is 16.0 Å². The number of carbonyl (C=O) groups is 3. The third-order valence-corrected chi connectivity index (χ3v) is 6.04. The number of imide groups is 1. The molecule has 1 atom stereocenters. The van der Waals surface area contributed by atoms with Gasteiger partial charge in [0.2, 0.25) is 5.91 Å². The zero-order chi connectivity index (χ0) is 22.0. The van der Waals surface area contributed by atoms with E-state index in [1.165, 1.54) is 12.1 Å². The first-order valence-electron chi connectivity index (χ1n) is 10.4. The van der Waals surface area contributed by atoms with Crippen molar-refractivity contribution in [2.75, 3.05) is 19.6 Å². The van der Waals surface area contributed by atoms with Crippen LogP contribution in [0.5, 0.6) is 0 Å². The molecule has 2 aliphatic rings. The zero-order valence-electron chi connectivity index (χ0n) is 17.3. The average molecular weight is 421 g/mol. The van der Waals surface area contributed by atoms with Crippen LogP contribution in [0, 0.1) is 5.82 Å². The van der Waals surface area contributed by atoms with Gasteiger partial charge in [0.15, 0.2) is 0 Å². The van der Waals surface area contributed by atoms with E-state index in [9.17, 15) is 18.8 Å². The van der Waals surface area contributed by atoms with E-state index in [1.54, 1.807) is 29.2 Å². The molecule has 4 amide bonds. The Kier molecular flexibility index (Phi) is 5.59. The van der Waals surface area contributed by atoms with Crippen molar-refractivity contribution in [3.63, 3.8) is 0 Å². The second kappa shape index (κ2) is 8.34. The second-order valence-corrected chi connectivity index (χ2v) is 7.77. The number of nitrogens with zero attached hydrogens (tertiary/aromatic N) is 2. The largest absolute Gasteiger partial charge is 0.337 e. The Bertz CT molecular complexity index is 1040. The third-order valence-electron chi connectivity index (χ3n) is 6.04. The molecule has 1 saturated heterocycles. The predicted molar refractivity (Wildman–Crippen MR) is 114 cm³/mol. The van der Waals surface area contributed by atoms with Crippen molar-refractivity contribution in [3.05, 3.63) is 77.6 Å². The molecule has 7 heteroatoms. The summed E-state index contributed by atoms with van der Waals surface area (Å²) in [5, 5.41) is 2.80. The molecule has 31 heavy (non-hydrogen) atoms. The molecule has 2 heterocycles. The van der Waals surface area contributed by atoms with Crippen LogP contribution in [-0.2, 0) is 15.1 Å². The predicted octanol–water partition coefficient (Wildman–Crippen LogP) is 3.30. The summed E-state index contributed by atoms with van der Waals surface area (Å²) in [5.74, 6) is -0.971. The lowest BCUT2D eigenvalue weighted by Gasteiger charge is -2.28. The van der Waals surface area contributed by atoms with Crippen molar-refractivity contribution in [1.82, 2.24) is 15.1 Å². The monoisotopic (exact) mass is 421 g/mol. The quantitative estimate of drug-likeness (QED) is 0.754. The van der Waals surface area contributed by atoms with Gasteiger partial charge in [-0.2, -0.15) is 0 Å². The van der Waals surface area contributed by atoms with Gasteiger partial charge in [0, 0.05) is 13.1 Å². The molecule has 0 radical (unpaired) electrons. The number of benzene rings is 2. The molecule has 0 aromatic heterocycles. The molecular formula is C24H24FN3O3. The van der Waals surface area contributed by atoms with Crippen molar-refractivity contribution in [2.45, 2.75) is 25.3 Å². The van der Waals surface area contributed by atoms with Crippen LogP contribution in [0.25, 0.3) is 5.57 Å². The first-order chi connectivity index (χ1) is 14.9. The molecule has 0 bridgehead atoms. The van der Waals surface area contributed by atoms with E-state index in [1.807, 2.05) is 31.2 Å². The van der Waals surface area contributed by atoms with Crippen molar-refractivity contribution >= 4 is 23.4 Å². The van der Waals surface area contributed by atoms with Gasteiger partial charge in [0.1, 0.15) is 17.9 Å². The minimum absolute atomic E-state index is 0.280. The maximum absolute atomic E-state index is 13.2. The van der Waals surface area contributed by atoms with Crippen LogP contribution in [0.15, 0.2) is 60.7 Å². The van der Waals surface area contributed by atoms with Crippen molar-refractivity contribution in [1.29, 1.82) is 0 Å². The second-order valence-electron chi connectivity index (χ2n) is 7.77. The number of rotatable bonds is 5. The van der Waals surface area contributed by atoms with Crippen molar-refractivity contribution in [2.24, 2.45) is 0 Å². The minimum Gasteiger partial charge on any atom is -0.337 e. The Morgan fingerprint density at radius 3 is 2.42 bits per heavy atom. The lowest BCUT2D eigenvalue weighted by molar-refractivity contribution is -0.139. The number of hydrogen-bond acceptors (Lipinski definition) is 3. The molecule has 2 aliphatic heterocycles. The summed E-state index contributed by atoms with van der Waals surface area (Å²) in [6, 6.07) is 14.8. The zero-order valence-corrected chi connectivity index (χ0v) is 17.3. The fourth-order valence-corrected chi connectivity index (χ4v) is 4.19. The first kappa shape index (κ1) is 20.8. The van der Waals surface area contributed by atoms with E-state index >= 15 is 0 Å². The number of carbonyl (C=O) groups excluding carboxylic acids is 3. The van der Waals surface area contributed by atoms with E-state index in [-0.39, 0.29) is 18.3 Å². The van der Waals surface area contributed by atoms with E-state index < -0.39 is 17.5 Å². The summed E-state index contributed by atoms with van der Waals surface area (Å²) in [5.41, 5.74) is 1.54. The Hall–Kier alpha value is -3.48. The van der Waals surface area contributed by atoms with Gasteiger partial charge in [-0.3, -0.25) is 14.5 Å². The highest BCUT2D eigenvalue weighted by Gasteiger charge is 2.51. The maximum atomic E-state index is 13.2. The van der Waals surface area contributed by atoms with E-state index in [4.69, 9.17) is 0 Å². The number of halogens is 1. The van der Waals surface area contributed by atoms with E-state index in [0.29, 0.717) is 31.5 Å². The normalized spacial score (nSPS) is 21.2. The summed E-state index contributed by atoms with van der Waals surface area (Å²) in [6.07, 6.45) is 2.95. The molecule has 1 unspecified atom stereocenters. The fourth-order valence-electron chi connectivity index (χ4n) is 4.19. The van der Waals surface area contributed by atoms with Gasteiger partial charge in [-0.25, -0.2) is 9.18 Å². The van der Waals surface area contributed by atoms with Crippen molar-refractivity contribution < 1.29 is 18.8 Å². The SMILES string of the molecule is CCC1(c2ccccc2)NC(=O)N(CC(=O)N2CC=C(c3ccc(F)cc3)CC2)C1=O. The molecule has 2 aromatic rings. The molecule has 0 aliphatic carbocycles. The van der Waals surface area contributed by atoms with Crippen LogP contribution in [0.3, 0.4) is 0 Å². The van der Waals surface area contributed by atoms with Crippen LogP contribution in [0.1, 0.15) is 30.9 Å². The van der Waals surface area contributed by atoms with Crippen LogP contribution < -0.4 is 5.32 Å². The van der Waals surface area contributed by atoms with Crippen LogP contribution in [0.4, 0.5) is 9.18 Å².